The first-order chi connectivity index (χ1) is 12.9. The minimum Gasteiger partial charge on any atom is -0.300 e. The molecule has 2 aromatic rings. The average molecular weight is 438 g/mol. The summed E-state index contributed by atoms with van der Waals surface area (Å²) in [6.45, 7) is 3.28. The van der Waals surface area contributed by atoms with E-state index in [9.17, 15) is 26.7 Å². The summed E-state index contributed by atoms with van der Waals surface area (Å²) >= 11 is 6.01. The van der Waals surface area contributed by atoms with Crippen molar-refractivity contribution >= 4 is 34.0 Å². The maximum Gasteiger partial charge on any atom is 0.426 e. The fraction of sp³-hybridized carbons (Fsp3) is 0.353. The van der Waals surface area contributed by atoms with E-state index in [2.05, 4.69) is 15.5 Å². The van der Waals surface area contributed by atoms with Crippen LogP contribution in [0.1, 0.15) is 13.8 Å². The van der Waals surface area contributed by atoms with Gasteiger partial charge in [-0.25, -0.2) is 8.78 Å². The molecule has 1 aliphatic rings. The Morgan fingerprint density at radius 2 is 1.86 bits per heavy atom. The first-order valence-corrected chi connectivity index (χ1v) is 9.15. The highest BCUT2D eigenvalue weighted by Gasteiger charge is 2.61. The third kappa shape index (κ3) is 3.88. The molecule has 0 spiro atoms. The lowest BCUT2D eigenvalue weighted by molar-refractivity contribution is -0.118. The third-order valence-electron chi connectivity index (χ3n) is 4.62. The fourth-order valence-electron chi connectivity index (χ4n) is 3.00. The van der Waals surface area contributed by atoms with Crippen LogP contribution in [0.2, 0.25) is 0 Å². The lowest BCUT2D eigenvalue weighted by Crippen LogP contribution is -2.16. The van der Waals surface area contributed by atoms with Gasteiger partial charge in [0.05, 0.1) is 11.5 Å². The Hall–Kier alpha value is -2.07. The molecule has 0 saturated heterocycles. The molecule has 150 valence electrons. The molecule has 1 aliphatic carbocycles. The van der Waals surface area contributed by atoms with Gasteiger partial charge < -0.3 is 5.32 Å². The molecule has 0 aliphatic heterocycles. The number of allylic oxidation sites excluding steroid dienone is 2. The number of hydrogen-bond acceptors (Lipinski definition) is 4. The van der Waals surface area contributed by atoms with E-state index in [1.165, 1.54) is 6.07 Å². The zero-order valence-corrected chi connectivity index (χ0v) is 16.0. The highest BCUT2D eigenvalue weighted by atomic mass is 35.5. The largest absolute Gasteiger partial charge is 0.426 e. The fourth-order valence-corrected chi connectivity index (χ4v) is 3.93. The molecule has 11 heteroatoms. The molecule has 3 rings (SSSR count). The van der Waals surface area contributed by atoms with Crippen LogP contribution in [0.15, 0.2) is 29.3 Å². The number of carbonyl (C=O) groups excluding carboxylic acids is 1. The Labute approximate surface area is 165 Å². The maximum absolute atomic E-state index is 13.8. The number of nitrogens with one attached hydrogen (secondary N) is 1. The van der Waals surface area contributed by atoms with Gasteiger partial charge in [0.25, 0.3) is 0 Å². The van der Waals surface area contributed by atoms with Crippen molar-refractivity contribution in [1.82, 2.24) is 10.2 Å². The van der Waals surface area contributed by atoms with Crippen molar-refractivity contribution in [2.24, 2.45) is 17.3 Å². The van der Waals surface area contributed by atoms with Crippen molar-refractivity contribution in [3.63, 3.8) is 0 Å². The first-order valence-electron chi connectivity index (χ1n) is 7.96. The van der Waals surface area contributed by atoms with Crippen LogP contribution in [0.25, 0.3) is 10.6 Å². The lowest BCUT2D eigenvalue weighted by atomic mass is 10.1. The van der Waals surface area contributed by atoms with E-state index in [4.69, 9.17) is 11.6 Å². The molecule has 1 amide bonds. The van der Waals surface area contributed by atoms with Crippen LogP contribution in [-0.4, -0.2) is 22.3 Å². The van der Waals surface area contributed by atoms with Crippen molar-refractivity contribution in [2.45, 2.75) is 20.0 Å². The van der Waals surface area contributed by atoms with Gasteiger partial charge in [-0.15, -0.1) is 10.2 Å². The number of aromatic nitrogens is 2. The van der Waals surface area contributed by atoms with Gasteiger partial charge in [0.2, 0.25) is 11.0 Å². The zero-order chi connectivity index (χ0) is 20.9. The minimum atomic E-state index is -4.68. The normalized spacial score (nSPS) is 21.5. The van der Waals surface area contributed by atoms with Crippen molar-refractivity contribution in [1.29, 1.82) is 0 Å². The van der Waals surface area contributed by atoms with Gasteiger partial charge in [-0.05, 0) is 23.5 Å². The van der Waals surface area contributed by atoms with Gasteiger partial charge in [0.1, 0.15) is 16.7 Å². The summed E-state index contributed by atoms with van der Waals surface area (Å²) in [5.74, 6) is -3.71. The summed E-state index contributed by atoms with van der Waals surface area (Å²) < 4.78 is 65.5. The zero-order valence-electron chi connectivity index (χ0n) is 14.4. The maximum atomic E-state index is 13.8. The Kier molecular flexibility index (Phi) is 5.22. The van der Waals surface area contributed by atoms with Crippen molar-refractivity contribution in [3.05, 3.63) is 40.9 Å². The van der Waals surface area contributed by atoms with Gasteiger partial charge in [-0.1, -0.05) is 48.9 Å². The monoisotopic (exact) mass is 437 g/mol. The van der Waals surface area contributed by atoms with Crippen LogP contribution in [0.3, 0.4) is 0 Å². The highest BCUT2D eigenvalue weighted by molar-refractivity contribution is 7.18. The lowest BCUT2D eigenvalue weighted by Gasteiger charge is -2.04. The number of carbonyl (C=O) groups is 1. The second-order valence-electron chi connectivity index (χ2n) is 6.84. The van der Waals surface area contributed by atoms with Crippen LogP contribution >= 0.6 is 22.9 Å². The summed E-state index contributed by atoms with van der Waals surface area (Å²) in [5.41, 5.74) is -1.11. The van der Waals surface area contributed by atoms with E-state index in [0.717, 1.165) is 29.5 Å². The molecule has 1 heterocycles. The number of benzene rings is 1. The molecular weight excluding hydrogens is 425 g/mol. The molecule has 1 aromatic heterocycles. The second-order valence-corrected chi connectivity index (χ2v) is 8.22. The Bertz CT molecular complexity index is 936. The molecular formula is C17H13ClF5N3OS. The van der Waals surface area contributed by atoms with Crippen LogP contribution in [0, 0.1) is 28.9 Å². The molecule has 2 atom stereocenters. The Balaban J connectivity index is 1.75. The molecule has 0 bridgehead atoms. The number of amides is 1. The summed E-state index contributed by atoms with van der Waals surface area (Å²) in [4.78, 5) is 12.4. The van der Waals surface area contributed by atoms with Gasteiger partial charge in [0, 0.05) is 0 Å². The molecule has 1 fully saturated rings. The van der Waals surface area contributed by atoms with Crippen molar-refractivity contribution < 1.29 is 26.7 Å². The summed E-state index contributed by atoms with van der Waals surface area (Å²) in [5, 5.41) is 8.41. The second kappa shape index (κ2) is 7.07. The quantitative estimate of drug-likeness (QED) is 0.653. The topological polar surface area (TPSA) is 54.9 Å². The first kappa shape index (κ1) is 20.7. The van der Waals surface area contributed by atoms with Crippen LogP contribution < -0.4 is 5.32 Å². The van der Waals surface area contributed by atoms with E-state index < -0.39 is 46.0 Å². The van der Waals surface area contributed by atoms with E-state index >= 15 is 0 Å². The molecule has 4 nitrogen and oxygen atoms in total. The van der Waals surface area contributed by atoms with Gasteiger partial charge in [-0.3, -0.25) is 4.79 Å². The molecule has 1 aromatic carbocycles. The van der Waals surface area contributed by atoms with Crippen molar-refractivity contribution in [3.8, 4) is 10.6 Å². The molecule has 28 heavy (non-hydrogen) atoms. The number of alkyl halides is 3. The number of halogens is 6. The Morgan fingerprint density at radius 1 is 1.25 bits per heavy atom. The molecule has 1 saturated carbocycles. The predicted octanol–water partition coefficient (Wildman–Crippen LogP) is 5.38. The SMILES string of the molecule is CC1(C)C(/C=C(/Cl)C(F)(F)F)C1C(=O)Nc1nnc(-c2c(F)cccc2F)s1. The van der Waals surface area contributed by atoms with Gasteiger partial charge in [0.15, 0.2) is 5.01 Å². The summed E-state index contributed by atoms with van der Waals surface area (Å²) in [7, 11) is 0. The highest BCUT2D eigenvalue weighted by Crippen LogP contribution is 2.60. The average Bonchev–Trinajstić information content (AvgIpc) is 2.89. The van der Waals surface area contributed by atoms with Crippen LogP contribution in [-0.2, 0) is 4.79 Å². The summed E-state index contributed by atoms with van der Waals surface area (Å²) in [6.07, 6.45) is -3.86. The van der Waals surface area contributed by atoms with Crippen LogP contribution in [0.5, 0.6) is 0 Å². The third-order valence-corrected chi connectivity index (χ3v) is 5.82. The molecule has 2 unspecified atom stereocenters. The van der Waals surface area contributed by atoms with Gasteiger partial charge >= 0.3 is 6.18 Å². The van der Waals surface area contributed by atoms with E-state index in [1.807, 2.05) is 0 Å². The smallest absolute Gasteiger partial charge is 0.300 e. The number of hydrogen-bond donors (Lipinski definition) is 1. The standard InChI is InChI=1S/C17H13ClF5N3OS/c1-16(2)7(6-10(18)17(21,22)23)12(16)13(27)24-15-26-25-14(28-15)11-8(19)4-3-5-9(11)20/h3-7,12H,1-2H3,(H,24,26,27)/b10-6+. The molecule has 0 radical (unpaired) electrons. The number of rotatable bonds is 4. The summed E-state index contributed by atoms with van der Waals surface area (Å²) in [6, 6.07) is 3.32. The Morgan fingerprint density at radius 3 is 2.43 bits per heavy atom. The predicted molar refractivity (Wildman–Crippen MR) is 94.6 cm³/mol. The number of anilines is 1. The van der Waals surface area contributed by atoms with E-state index in [1.54, 1.807) is 13.8 Å². The van der Waals surface area contributed by atoms with Crippen molar-refractivity contribution in [2.75, 3.05) is 5.32 Å². The molecule has 1 N–H and O–H groups in total. The van der Waals surface area contributed by atoms with E-state index in [0.29, 0.717) is 0 Å². The van der Waals surface area contributed by atoms with Gasteiger partial charge in [-0.2, -0.15) is 13.2 Å². The number of nitrogens with zero attached hydrogens (tertiary/aromatic N) is 2. The van der Waals surface area contributed by atoms with Crippen LogP contribution in [0.4, 0.5) is 27.1 Å². The van der Waals surface area contributed by atoms with E-state index in [-0.39, 0.29) is 15.7 Å². The minimum absolute atomic E-state index is 0.0185.